The first-order chi connectivity index (χ1) is 8.74. The van der Waals surface area contributed by atoms with Gasteiger partial charge in [-0.1, -0.05) is 17.7 Å². The third kappa shape index (κ3) is 2.00. The van der Waals surface area contributed by atoms with Gasteiger partial charge in [-0.3, -0.25) is 5.10 Å². The normalized spacial score (nSPS) is 10.7. The largest absolute Gasteiger partial charge is 0.507 e. The van der Waals surface area contributed by atoms with Crippen LogP contribution in [0.3, 0.4) is 0 Å². The fraction of sp³-hybridized carbons (Fsp3) is 0. The van der Waals surface area contributed by atoms with E-state index in [1.807, 2.05) is 23.6 Å². The second-order valence-corrected chi connectivity index (χ2v) is 5.19. The SMILES string of the molecule is Oc1ccc(Cl)cc1-c1cc(-c2cccs2)[nH]n1. The first-order valence-corrected chi connectivity index (χ1v) is 6.58. The molecule has 3 aromatic rings. The molecule has 3 nitrogen and oxygen atoms in total. The minimum atomic E-state index is 0.170. The number of phenols is 1. The number of rotatable bonds is 2. The van der Waals surface area contributed by atoms with Crippen molar-refractivity contribution in [2.75, 3.05) is 0 Å². The Labute approximate surface area is 113 Å². The summed E-state index contributed by atoms with van der Waals surface area (Å²) in [6.07, 6.45) is 0. The Bertz CT molecular complexity index is 676. The lowest BCUT2D eigenvalue weighted by atomic mass is 10.1. The highest BCUT2D eigenvalue weighted by molar-refractivity contribution is 7.13. The molecule has 90 valence electrons. The van der Waals surface area contributed by atoms with Crippen LogP contribution in [0.1, 0.15) is 0 Å². The van der Waals surface area contributed by atoms with Crippen LogP contribution < -0.4 is 0 Å². The van der Waals surface area contributed by atoms with Gasteiger partial charge in [0.25, 0.3) is 0 Å². The summed E-state index contributed by atoms with van der Waals surface area (Å²) in [6.45, 7) is 0. The summed E-state index contributed by atoms with van der Waals surface area (Å²) < 4.78 is 0. The average Bonchev–Trinajstić information content (AvgIpc) is 3.00. The summed E-state index contributed by atoms with van der Waals surface area (Å²) in [7, 11) is 0. The van der Waals surface area contributed by atoms with Crippen molar-refractivity contribution in [1.82, 2.24) is 10.2 Å². The number of thiophene rings is 1. The number of hydrogen-bond acceptors (Lipinski definition) is 3. The number of aromatic hydroxyl groups is 1. The maximum absolute atomic E-state index is 9.82. The quantitative estimate of drug-likeness (QED) is 0.738. The van der Waals surface area contributed by atoms with Gasteiger partial charge in [0.05, 0.1) is 16.3 Å². The maximum atomic E-state index is 9.82. The Morgan fingerprint density at radius 2 is 2.11 bits per heavy atom. The summed E-state index contributed by atoms with van der Waals surface area (Å²) in [5, 5.41) is 19.6. The van der Waals surface area contributed by atoms with Gasteiger partial charge in [0, 0.05) is 10.6 Å². The van der Waals surface area contributed by atoms with Gasteiger partial charge in [0.2, 0.25) is 0 Å². The molecule has 0 bridgehead atoms. The van der Waals surface area contributed by atoms with E-state index in [0.29, 0.717) is 16.3 Å². The van der Waals surface area contributed by atoms with Gasteiger partial charge < -0.3 is 5.11 Å². The van der Waals surface area contributed by atoms with E-state index in [4.69, 9.17) is 11.6 Å². The summed E-state index contributed by atoms with van der Waals surface area (Å²) >= 11 is 7.56. The molecule has 0 aliphatic rings. The molecule has 18 heavy (non-hydrogen) atoms. The second-order valence-electron chi connectivity index (χ2n) is 3.81. The van der Waals surface area contributed by atoms with Gasteiger partial charge in [0.1, 0.15) is 5.75 Å². The highest BCUT2D eigenvalue weighted by Gasteiger charge is 2.10. The van der Waals surface area contributed by atoms with Crippen LogP contribution in [0, 0.1) is 0 Å². The fourth-order valence-electron chi connectivity index (χ4n) is 1.73. The molecule has 0 aliphatic heterocycles. The van der Waals surface area contributed by atoms with Gasteiger partial charge in [-0.2, -0.15) is 5.10 Å². The van der Waals surface area contributed by atoms with Crippen molar-refractivity contribution in [2.24, 2.45) is 0 Å². The van der Waals surface area contributed by atoms with Gasteiger partial charge >= 0.3 is 0 Å². The van der Waals surface area contributed by atoms with Gasteiger partial charge in [-0.25, -0.2) is 0 Å². The Hall–Kier alpha value is -1.78. The molecule has 0 fully saturated rings. The lowest BCUT2D eigenvalue weighted by Crippen LogP contribution is -1.79. The van der Waals surface area contributed by atoms with Crippen molar-refractivity contribution in [3.05, 3.63) is 46.8 Å². The second kappa shape index (κ2) is 4.48. The van der Waals surface area contributed by atoms with Crippen LogP contribution in [0.25, 0.3) is 21.8 Å². The number of aromatic amines is 1. The maximum Gasteiger partial charge on any atom is 0.125 e. The van der Waals surface area contributed by atoms with Gasteiger partial charge in [-0.15, -0.1) is 11.3 Å². The molecule has 1 aromatic carbocycles. The molecule has 3 rings (SSSR count). The van der Waals surface area contributed by atoms with Crippen molar-refractivity contribution in [3.8, 4) is 27.6 Å². The molecule has 5 heteroatoms. The number of nitrogens with zero attached hydrogens (tertiary/aromatic N) is 1. The predicted octanol–water partition coefficient (Wildman–Crippen LogP) is 4.16. The average molecular weight is 277 g/mol. The summed E-state index contributed by atoms with van der Waals surface area (Å²) in [6, 6.07) is 10.8. The van der Waals surface area contributed by atoms with Crippen LogP contribution >= 0.6 is 22.9 Å². The first kappa shape index (κ1) is 11.3. The third-order valence-electron chi connectivity index (χ3n) is 2.60. The zero-order chi connectivity index (χ0) is 12.5. The Balaban J connectivity index is 2.05. The van der Waals surface area contributed by atoms with Crippen LogP contribution in [0.4, 0.5) is 0 Å². The predicted molar refractivity (Wildman–Crippen MR) is 74.0 cm³/mol. The monoisotopic (exact) mass is 276 g/mol. The smallest absolute Gasteiger partial charge is 0.125 e. The van der Waals surface area contributed by atoms with Crippen molar-refractivity contribution < 1.29 is 5.11 Å². The van der Waals surface area contributed by atoms with E-state index in [2.05, 4.69) is 10.2 Å². The minimum Gasteiger partial charge on any atom is -0.507 e. The van der Waals surface area contributed by atoms with Crippen LogP contribution in [-0.4, -0.2) is 15.3 Å². The number of aromatic nitrogens is 2. The summed E-state index contributed by atoms with van der Waals surface area (Å²) in [5.41, 5.74) is 2.24. The van der Waals surface area contributed by atoms with Crippen LogP contribution in [-0.2, 0) is 0 Å². The molecule has 2 aromatic heterocycles. The molecule has 2 N–H and O–H groups in total. The molecule has 0 radical (unpaired) electrons. The Morgan fingerprint density at radius 3 is 2.89 bits per heavy atom. The van der Waals surface area contributed by atoms with Gasteiger partial charge in [0.15, 0.2) is 0 Å². The van der Waals surface area contributed by atoms with E-state index in [1.165, 1.54) is 0 Å². The van der Waals surface area contributed by atoms with Crippen LogP contribution in [0.15, 0.2) is 41.8 Å². The zero-order valence-corrected chi connectivity index (χ0v) is 10.8. The Morgan fingerprint density at radius 1 is 1.22 bits per heavy atom. The summed E-state index contributed by atoms with van der Waals surface area (Å²) in [5.74, 6) is 0.170. The van der Waals surface area contributed by atoms with Crippen LogP contribution in [0.5, 0.6) is 5.75 Å². The van der Waals surface area contributed by atoms with Crippen LogP contribution in [0.2, 0.25) is 5.02 Å². The molecule has 0 saturated heterocycles. The molecule has 0 atom stereocenters. The molecule has 2 heterocycles. The number of phenolic OH excluding ortho intramolecular Hbond substituents is 1. The lowest BCUT2D eigenvalue weighted by molar-refractivity contribution is 0.477. The number of halogens is 1. The molecular weight excluding hydrogens is 268 g/mol. The van der Waals surface area contributed by atoms with E-state index in [1.54, 1.807) is 29.5 Å². The molecular formula is C13H9ClN2OS. The highest BCUT2D eigenvalue weighted by atomic mass is 35.5. The fourth-order valence-corrected chi connectivity index (χ4v) is 2.60. The standard InChI is InChI=1S/C13H9ClN2OS/c14-8-3-4-12(17)9(6-8)10-7-11(16-15-10)13-2-1-5-18-13/h1-7,17H,(H,15,16). The van der Waals surface area contributed by atoms with E-state index >= 15 is 0 Å². The molecule has 0 aliphatic carbocycles. The molecule has 0 saturated carbocycles. The first-order valence-electron chi connectivity index (χ1n) is 5.32. The summed E-state index contributed by atoms with van der Waals surface area (Å²) in [4.78, 5) is 1.11. The topological polar surface area (TPSA) is 48.9 Å². The minimum absolute atomic E-state index is 0.170. The number of nitrogens with one attached hydrogen (secondary N) is 1. The van der Waals surface area contributed by atoms with Crippen molar-refractivity contribution in [1.29, 1.82) is 0 Å². The van der Waals surface area contributed by atoms with E-state index < -0.39 is 0 Å². The number of H-pyrrole nitrogens is 1. The lowest BCUT2D eigenvalue weighted by Gasteiger charge is -2.00. The van der Waals surface area contributed by atoms with E-state index in [-0.39, 0.29) is 5.75 Å². The molecule has 0 amide bonds. The molecule has 0 spiro atoms. The number of benzene rings is 1. The van der Waals surface area contributed by atoms with E-state index in [0.717, 1.165) is 10.6 Å². The van der Waals surface area contributed by atoms with Crippen molar-refractivity contribution >= 4 is 22.9 Å². The molecule has 0 unspecified atom stereocenters. The zero-order valence-electron chi connectivity index (χ0n) is 9.22. The highest BCUT2D eigenvalue weighted by Crippen LogP contribution is 2.33. The Kier molecular flexibility index (Phi) is 2.81. The third-order valence-corrected chi connectivity index (χ3v) is 3.74. The van der Waals surface area contributed by atoms with E-state index in [9.17, 15) is 5.11 Å². The van der Waals surface area contributed by atoms with Gasteiger partial charge in [-0.05, 0) is 35.7 Å². The van der Waals surface area contributed by atoms with Crippen molar-refractivity contribution in [3.63, 3.8) is 0 Å². The van der Waals surface area contributed by atoms with Crippen molar-refractivity contribution in [2.45, 2.75) is 0 Å². The number of hydrogen-bond donors (Lipinski definition) is 2.